The molecule has 1 aliphatic rings. The first-order chi connectivity index (χ1) is 15.1. The van der Waals surface area contributed by atoms with Crippen molar-refractivity contribution in [2.45, 2.75) is 12.1 Å². The molecule has 0 unspecified atom stereocenters. The highest BCUT2D eigenvalue weighted by atomic mass is 19.1. The molecule has 0 bridgehead atoms. The average Bonchev–Trinajstić information content (AvgIpc) is 3.09. The minimum absolute atomic E-state index is 0.271. The second-order valence-corrected chi connectivity index (χ2v) is 7.07. The molecule has 2 amide bonds. The molecule has 4 rings (SSSR count). The second-order valence-electron chi connectivity index (χ2n) is 7.07. The van der Waals surface area contributed by atoms with E-state index >= 15 is 0 Å². The smallest absolute Gasteiger partial charge is 0.304 e. The van der Waals surface area contributed by atoms with Crippen molar-refractivity contribution < 1.29 is 23.4 Å². The lowest BCUT2D eigenvalue weighted by Crippen LogP contribution is -2.42. The van der Waals surface area contributed by atoms with Crippen LogP contribution in [0, 0.1) is 5.82 Å². The topological polar surface area (TPSA) is 70.4 Å². The maximum absolute atomic E-state index is 13.2. The fourth-order valence-electron chi connectivity index (χ4n) is 3.58. The average molecular weight is 418 g/mol. The zero-order valence-corrected chi connectivity index (χ0v) is 16.8. The van der Waals surface area contributed by atoms with Crippen LogP contribution in [0.4, 0.5) is 4.39 Å². The molecule has 3 aromatic carbocycles. The predicted octanol–water partition coefficient (Wildman–Crippen LogP) is 2.85. The largest absolute Gasteiger partial charge is 0.496 e. The van der Waals surface area contributed by atoms with Crippen LogP contribution in [0.25, 0.3) is 0 Å². The van der Waals surface area contributed by atoms with Gasteiger partial charge in [0.25, 0.3) is 5.91 Å². The highest BCUT2D eigenvalue weighted by Gasteiger charge is 2.47. The van der Waals surface area contributed by atoms with Gasteiger partial charge in [-0.1, -0.05) is 42.5 Å². The molecule has 3 aromatic rings. The van der Waals surface area contributed by atoms with Crippen LogP contribution in [-0.2, 0) is 4.79 Å². The third-order valence-electron chi connectivity index (χ3n) is 5.09. The van der Waals surface area contributed by atoms with Gasteiger partial charge in [0, 0.05) is 11.1 Å². The molecule has 2 N–H and O–H groups in total. The predicted molar refractivity (Wildman–Crippen MR) is 113 cm³/mol. The van der Waals surface area contributed by atoms with Crippen molar-refractivity contribution in [2.24, 2.45) is 0 Å². The van der Waals surface area contributed by atoms with Crippen LogP contribution in [0.15, 0.2) is 78.9 Å². The number of benzene rings is 3. The van der Waals surface area contributed by atoms with Crippen LogP contribution in [-0.4, -0.2) is 35.9 Å². The first kappa shape index (κ1) is 20.3. The summed E-state index contributed by atoms with van der Waals surface area (Å²) in [5.41, 5.74) is 4.72. The zero-order valence-electron chi connectivity index (χ0n) is 16.8. The quantitative estimate of drug-likeness (QED) is 0.626. The van der Waals surface area contributed by atoms with Gasteiger partial charge in [-0.2, -0.15) is 0 Å². The lowest BCUT2D eigenvalue weighted by molar-refractivity contribution is -0.596. The maximum Gasteiger partial charge on any atom is 0.304 e. The highest BCUT2D eigenvalue weighted by molar-refractivity contribution is 5.98. The van der Waals surface area contributed by atoms with Gasteiger partial charge in [0.2, 0.25) is 12.3 Å². The van der Waals surface area contributed by atoms with Gasteiger partial charge >= 0.3 is 5.91 Å². The molecule has 1 fully saturated rings. The molecular formula is C24H21FN3O3+. The summed E-state index contributed by atoms with van der Waals surface area (Å²) in [5, 5.41) is 2.79. The molecule has 7 heteroatoms. The Bertz CT molecular complexity index is 1130. The van der Waals surface area contributed by atoms with Crippen molar-refractivity contribution in [3.8, 4) is 5.75 Å². The molecular weight excluding hydrogens is 397 g/mol. The minimum atomic E-state index is -0.856. The fraction of sp³-hybridized carbons (Fsp3) is 0.125. The summed E-state index contributed by atoms with van der Waals surface area (Å²) in [6, 6.07) is 20.7. The minimum Gasteiger partial charge on any atom is -0.496 e. The highest BCUT2D eigenvalue weighted by Crippen LogP contribution is 2.26. The number of halogens is 1. The van der Waals surface area contributed by atoms with Gasteiger partial charge in [0.15, 0.2) is 6.04 Å². The molecule has 31 heavy (non-hydrogen) atoms. The Balaban J connectivity index is 1.71. The maximum atomic E-state index is 13.2. The third kappa shape index (κ3) is 4.30. The van der Waals surface area contributed by atoms with Crippen LogP contribution >= 0.6 is 0 Å². The molecule has 0 saturated carbocycles. The van der Waals surface area contributed by atoms with E-state index < -0.39 is 23.8 Å². The Morgan fingerprint density at radius 2 is 1.71 bits per heavy atom. The standard InChI is InChI=1S/C24H20FN3O3/c1-31-20-10-6-5-9-18(20)15-28-22(16-7-3-2-4-8-16)21(24(30)27-28)26-23(29)17-11-13-19(25)14-12-17/h2-15,21-22H,1H3,(H-,26,27,29,30)/p+1/b28-15-/t21-,22+/m0/s1. The van der Waals surface area contributed by atoms with Crippen LogP contribution < -0.4 is 15.5 Å². The summed E-state index contributed by atoms with van der Waals surface area (Å²) in [4.78, 5) is 25.6. The molecule has 6 nitrogen and oxygen atoms in total. The van der Waals surface area contributed by atoms with E-state index in [1.54, 1.807) is 18.0 Å². The van der Waals surface area contributed by atoms with E-state index in [-0.39, 0.29) is 11.5 Å². The van der Waals surface area contributed by atoms with Crippen LogP contribution in [0.3, 0.4) is 0 Å². The Hall–Kier alpha value is -4.00. The Kier molecular flexibility index (Phi) is 5.75. The van der Waals surface area contributed by atoms with E-state index in [0.717, 1.165) is 11.1 Å². The number of methoxy groups -OCH3 is 1. The number of amides is 2. The van der Waals surface area contributed by atoms with E-state index in [9.17, 15) is 14.0 Å². The second kappa shape index (κ2) is 8.79. The SMILES string of the molecule is COc1ccccc1/C=[N+]1\NC(=O)[C@@H](NC(=O)c2ccc(F)cc2)[C@H]1c1ccccc1. The molecule has 0 spiro atoms. The zero-order chi connectivity index (χ0) is 21.8. The summed E-state index contributed by atoms with van der Waals surface area (Å²) >= 11 is 0. The first-order valence-corrected chi connectivity index (χ1v) is 9.75. The van der Waals surface area contributed by atoms with Crippen LogP contribution in [0.1, 0.15) is 27.5 Å². The van der Waals surface area contributed by atoms with E-state index in [4.69, 9.17) is 4.74 Å². The molecule has 156 valence electrons. The van der Waals surface area contributed by atoms with E-state index in [2.05, 4.69) is 10.7 Å². The van der Waals surface area contributed by atoms with Crippen LogP contribution in [0.5, 0.6) is 5.75 Å². The Morgan fingerprint density at radius 1 is 1.03 bits per heavy atom. The normalized spacial score (nSPS) is 19.2. The molecule has 0 aliphatic carbocycles. The number of hydrazine groups is 1. The lowest BCUT2D eigenvalue weighted by Gasteiger charge is -2.15. The van der Waals surface area contributed by atoms with Crippen molar-refractivity contribution >= 4 is 18.0 Å². The number of para-hydroxylation sites is 1. The van der Waals surface area contributed by atoms with Crippen molar-refractivity contribution in [3.63, 3.8) is 0 Å². The molecule has 2 atom stereocenters. The number of nitrogens with zero attached hydrogens (tertiary/aromatic N) is 1. The monoisotopic (exact) mass is 418 g/mol. The van der Waals surface area contributed by atoms with E-state index in [1.807, 2.05) is 54.6 Å². The fourth-order valence-corrected chi connectivity index (χ4v) is 3.58. The van der Waals surface area contributed by atoms with Gasteiger partial charge in [-0.3, -0.25) is 9.59 Å². The van der Waals surface area contributed by atoms with E-state index in [0.29, 0.717) is 5.75 Å². The molecule has 0 radical (unpaired) electrons. The van der Waals surface area contributed by atoms with Gasteiger partial charge in [-0.25, -0.2) is 4.39 Å². The van der Waals surface area contributed by atoms with Crippen LogP contribution in [0.2, 0.25) is 0 Å². The van der Waals surface area contributed by atoms with Crippen molar-refractivity contribution in [1.29, 1.82) is 0 Å². The molecule has 1 aliphatic heterocycles. The molecule has 0 aromatic heterocycles. The summed E-state index contributed by atoms with van der Waals surface area (Å²) in [5.74, 6) is -0.590. The number of hydrogen-bond donors (Lipinski definition) is 2. The Morgan fingerprint density at radius 3 is 2.42 bits per heavy atom. The third-order valence-corrected chi connectivity index (χ3v) is 5.09. The van der Waals surface area contributed by atoms with Gasteiger partial charge in [0.05, 0.1) is 12.7 Å². The van der Waals surface area contributed by atoms with E-state index in [1.165, 1.54) is 24.3 Å². The van der Waals surface area contributed by atoms with Gasteiger partial charge < -0.3 is 10.1 Å². The Labute approximate surface area is 179 Å². The summed E-state index contributed by atoms with van der Waals surface area (Å²) in [7, 11) is 1.58. The first-order valence-electron chi connectivity index (χ1n) is 9.75. The van der Waals surface area contributed by atoms with Gasteiger partial charge in [-0.05, 0) is 36.4 Å². The van der Waals surface area contributed by atoms with Gasteiger partial charge in [0.1, 0.15) is 11.6 Å². The van der Waals surface area contributed by atoms with Crippen molar-refractivity contribution in [3.05, 3.63) is 101 Å². The van der Waals surface area contributed by atoms with Gasteiger partial charge in [-0.15, -0.1) is 10.1 Å². The summed E-state index contributed by atoms with van der Waals surface area (Å²) in [6.07, 6.45) is 1.78. The number of carbonyl (C=O) groups is 2. The summed E-state index contributed by atoms with van der Waals surface area (Å²) < 4.78 is 20.3. The number of nitrogens with one attached hydrogen (secondary N) is 2. The number of hydrazone groups is 1. The lowest BCUT2D eigenvalue weighted by atomic mass is 10.00. The summed E-state index contributed by atoms with van der Waals surface area (Å²) in [6.45, 7) is 0. The number of carbonyl (C=O) groups excluding carboxylic acids is 2. The number of rotatable bonds is 5. The van der Waals surface area contributed by atoms with Crippen molar-refractivity contribution in [1.82, 2.24) is 10.7 Å². The molecule has 1 saturated heterocycles. The molecule has 1 heterocycles. The number of hydrogen-bond acceptors (Lipinski definition) is 3. The van der Waals surface area contributed by atoms with Crippen molar-refractivity contribution in [2.75, 3.05) is 7.11 Å². The number of ether oxygens (including phenoxy) is 1.